The Morgan fingerprint density at radius 3 is 2.38 bits per heavy atom. The minimum atomic E-state index is -3.47. The molecular formula is C7H13ClO4S. The lowest BCUT2D eigenvalue weighted by Crippen LogP contribution is -2.25. The lowest BCUT2D eigenvalue weighted by atomic mass is 10.4. The molecule has 6 heteroatoms. The first-order valence-electron chi connectivity index (χ1n) is 4.03. The van der Waals surface area contributed by atoms with E-state index in [2.05, 4.69) is 0 Å². The predicted molar refractivity (Wildman–Crippen MR) is 49.4 cm³/mol. The van der Waals surface area contributed by atoms with Crippen molar-refractivity contribution in [2.45, 2.75) is 17.6 Å². The molecule has 0 saturated heterocycles. The SMILES string of the molecule is COCCOCC1(S(=O)(=O)Cl)CC1. The molecule has 1 fully saturated rings. The lowest BCUT2D eigenvalue weighted by Gasteiger charge is -2.11. The second kappa shape index (κ2) is 4.13. The van der Waals surface area contributed by atoms with Crippen molar-refractivity contribution in [1.29, 1.82) is 0 Å². The van der Waals surface area contributed by atoms with Crippen molar-refractivity contribution in [3.8, 4) is 0 Å². The van der Waals surface area contributed by atoms with Gasteiger partial charge in [-0.15, -0.1) is 0 Å². The van der Waals surface area contributed by atoms with E-state index in [9.17, 15) is 8.42 Å². The van der Waals surface area contributed by atoms with Gasteiger partial charge in [-0.1, -0.05) is 0 Å². The molecule has 0 N–H and O–H groups in total. The summed E-state index contributed by atoms with van der Waals surface area (Å²) in [5, 5.41) is 0. The molecule has 0 aromatic rings. The van der Waals surface area contributed by atoms with Gasteiger partial charge in [0.15, 0.2) is 0 Å². The highest BCUT2D eigenvalue weighted by molar-refractivity contribution is 8.15. The summed E-state index contributed by atoms with van der Waals surface area (Å²) in [5.74, 6) is 0. The van der Waals surface area contributed by atoms with E-state index in [0.29, 0.717) is 26.1 Å². The third-order valence-electron chi connectivity index (χ3n) is 2.12. The molecule has 0 unspecified atom stereocenters. The molecule has 0 bridgehead atoms. The van der Waals surface area contributed by atoms with Gasteiger partial charge in [0.1, 0.15) is 4.75 Å². The van der Waals surface area contributed by atoms with Crippen LogP contribution >= 0.6 is 10.7 Å². The minimum Gasteiger partial charge on any atom is -0.382 e. The number of ether oxygens (including phenoxy) is 2. The van der Waals surface area contributed by atoms with Gasteiger partial charge in [0.05, 0.1) is 19.8 Å². The topological polar surface area (TPSA) is 52.6 Å². The smallest absolute Gasteiger partial charge is 0.240 e. The van der Waals surface area contributed by atoms with Gasteiger partial charge in [0.2, 0.25) is 9.05 Å². The Balaban J connectivity index is 2.29. The highest BCUT2D eigenvalue weighted by atomic mass is 35.7. The fourth-order valence-corrected chi connectivity index (χ4v) is 2.41. The van der Waals surface area contributed by atoms with Crippen LogP contribution in [0.25, 0.3) is 0 Å². The van der Waals surface area contributed by atoms with Gasteiger partial charge < -0.3 is 9.47 Å². The molecule has 4 nitrogen and oxygen atoms in total. The van der Waals surface area contributed by atoms with E-state index in [1.165, 1.54) is 0 Å². The highest BCUT2D eigenvalue weighted by Crippen LogP contribution is 2.45. The van der Waals surface area contributed by atoms with Crippen LogP contribution in [-0.4, -0.2) is 40.1 Å². The summed E-state index contributed by atoms with van der Waals surface area (Å²) in [7, 11) is 3.35. The third kappa shape index (κ3) is 2.80. The molecule has 0 heterocycles. The molecule has 0 aliphatic heterocycles. The van der Waals surface area contributed by atoms with Gasteiger partial charge in [-0.05, 0) is 12.8 Å². The first-order valence-corrected chi connectivity index (χ1v) is 6.34. The number of halogens is 1. The van der Waals surface area contributed by atoms with Gasteiger partial charge in [0, 0.05) is 17.8 Å². The zero-order chi connectivity index (χ0) is 9.95. The maximum absolute atomic E-state index is 11.0. The fraction of sp³-hybridized carbons (Fsp3) is 1.00. The highest BCUT2D eigenvalue weighted by Gasteiger charge is 2.54. The van der Waals surface area contributed by atoms with E-state index in [-0.39, 0.29) is 6.61 Å². The lowest BCUT2D eigenvalue weighted by molar-refractivity contribution is 0.0684. The molecule has 0 aromatic heterocycles. The summed E-state index contributed by atoms with van der Waals surface area (Å²) in [6.45, 7) is 1.06. The number of methoxy groups -OCH3 is 1. The minimum absolute atomic E-state index is 0.183. The van der Waals surface area contributed by atoms with Gasteiger partial charge in [-0.2, -0.15) is 0 Å². The van der Waals surface area contributed by atoms with Crippen LogP contribution in [0.2, 0.25) is 0 Å². The van der Waals surface area contributed by atoms with E-state index in [1.807, 2.05) is 0 Å². The van der Waals surface area contributed by atoms with Gasteiger partial charge in [-0.25, -0.2) is 8.42 Å². The molecular weight excluding hydrogens is 216 g/mol. The maximum Gasteiger partial charge on any atom is 0.240 e. The molecule has 78 valence electrons. The monoisotopic (exact) mass is 228 g/mol. The normalized spacial score (nSPS) is 20.2. The van der Waals surface area contributed by atoms with Crippen molar-refractivity contribution in [3.63, 3.8) is 0 Å². The van der Waals surface area contributed by atoms with E-state index in [0.717, 1.165) is 0 Å². The summed E-state index contributed by atoms with van der Waals surface area (Å²) < 4.78 is 31.2. The maximum atomic E-state index is 11.0. The number of rotatable bonds is 6. The first-order chi connectivity index (χ1) is 6.02. The zero-order valence-corrected chi connectivity index (χ0v) is 9.03. The predicted octanol–water partition coefficient (Wildman–Crippen LogP) is 0.751. The molecule has 1 rings (SSSR count). The van der Waals surface area contributed by atoms with Crippen LogP contribution in [0.15, 0.2) is 0 Å². The van der Waals surface area contributed by atoms with E-state index in [4.69, 9.17) is 20.2 Å². The van der Waals surface area contributed by atoms with Crippen molar-refractivity contribution in [1.82, 2.24) is 0 Å². The second-order valence-electron chi connectivity index (χ2n) is 3.17. The molecule has 0 atom stereocenters. The van der Waals surface area contributed by atoms with Gasteiger partial charge in [-0.3, -0.25) is 0 Å². The summed E-state index contributed by atoms with van der Waals surface area (Å²) in [6, 6.07) is 0. The van der Waals surface area contributed by atoms with Gasteiger partial charge >= 0.3 is 0 Å². The Bertz CT molecular complexity index is 258. The van der Waals surface area contributed by atoms with E-state index < -0.39 is 13.8 Å². The van der Waals surface area contributed by atoms with Gasteiger partial charge in [0.25, 0.3) is 0 Å². The molecule has 1 aliphatic carbocycles. The molecule has 13 heavy (non-hydrogen) atoms. The Morgan fingerprint density at radius 1 is 1.38 bits per heavy atom. The average Bonchev–Trinajstić information content (AvgIpc) is 2.77. The summed E-state index contributed by atoms with van der Waals surface area (Å²) >= 11 is 0. The van der Waals surface area contributed by atoms with Crippen molar-refractivity contribution >= 4 is 19.7 Å². The Morgan fingerprint density at radius 2 is 2.00 bits per heavy atom. The van der Waals surface area contributed by atoms with Crippen molar-refractivity contribution in [2.75, 3.05) is 26.9 Å². The number of hydrogen-bond donors (Lipinski definition) is 0. The van der Waals surface area contributed by atoms with Crippen molar-refractivity contribution in [2.24, 2.45) is 0 Å². The molecule has 0 spiro atoms. The molecule has 0 aromatic carbocycles. The Hall–Kier alpha value is 0.160. The van der Waals surface area contributed by atoms with Crippen molar-refractivity contribution in [3.05, 3.63) is 0 Å². The Kier molecular flexibility index (Phi) is 3.57. The van der Waals surface area contributed by atoms with Crippen LogP contribution in [-0.2, 0) is 18.5 Å². The van der Waals surface area contributed by atoms with Crippen LogP contribution in [0, 0.1) is 0 Å². The summed E-state index contributed by atoms with van der Waals surface area (Å²) in [4.78, 5) is 0. The van der Waals surface area contributed by atoms with Crippen LogP contribution in [0.3, 0.4) is 0 Å². The van der Waals surface area contributed by atoms with Crippen LogP contribution in [0.1, 0.15) is 12.8 Å². The van der Waals surface area contributed by atoms with Crippen LogP contribution in [0.5, 0.6) is 0 Å². The fourth-order valence-electron chi connectivity index (χ4n) is 0.998. The second-order valence-corrected chi connectivity index (χ2v) is 6.13. The summed E-state index contributed by atoms with van der Waals surface area (Å²) in [6.07, 6.45) is 1.21. The standard InChI is InChI=1S/C7H13ClO4S/c1-11-4-5-12-6-7(2-3-7)13(8,9)10/h2-6H2,1H3. The van der Waals surface area contributed by atoms with E-state index in [1.54, 1.807) is 7.11 Å². The molecule has 0 radical (unpaired) electrons. The molecule has 1 saturated carbocycles. The quantitative estimate of drug-likeness (QED) is 0.497. The average molecular weight is 229 g/mol. The van der Waals surface area contributed by atoms with Crippen molar-refractivity contribution < 1.29 is 17.9 Å². The largest absolute Gasteiger partial charge is 0.382 e. The zero-order valence-electron chi connectivity index (χ0n) is 7.45. The Labute approximate surface area is 82.6 Å². The molecule has 1 aliphatic rings. The van der Waals surface area contributed by atoms with Crippen LogP contribution in [0.4, 0.5) is 0 Å². The number of hydrogen-bond acceptors (Lipinski definition) is 4. The first kappa shape index (κ1) is 11.2. The van der Waals surface area contributed by atoms with E-state index >= 15 is 0 Å². The third-order valence-corrected chi connectivity index (χ3v) is 4.66. The molecule has 0 amide bonds. The van der Waals surface area contributed by atoms with Crippen LogP contribution < -0.4 is 0 Å². The summed E-state index contributed by atoms with van der Waals surface area (Å²) in [5.41, 5.74) is 0.